The summed E-state index contributed by atoms with van der Waals surface area (Å²) in [5, 5.41) is 8.93. The largest absolute Gasteiger partial charge is 0.374 e. The highest BCUT2D eigenvalue weighted by Gasteiger charge is 2.78. The Labute approximate surface area is 88.3 Å². The van der Waals surface area contributed by atoms with Crippen LogP contribution >= 0.6 is 0 Å². The molecule has 0 radical (unpaired) electrons. The van der Waals surface area contributed by atoms with Crippen molar-refractivity contribution in [2.75, 3.05) is 0 Å². The maximum absolute atomic E-state index is 8.93. The molecule has 0 unspecified atom stereocenters. The van der Waals surface area contributed by atoms with Gasteiger partial charge in [0.25, 0.3) is 0 Å². The summed E-state index contributed by atoms with van der Waals surface area (Å²) in [7, 11) is 0. The van der Waals surface area contributed by atoms with Crippen molar-refractivity contribution in [2.24, 2.45) is 29.6 Å². The van der Waals surface area contributed by atoms with Crippen LogP contribution in [0.25, 0.3) is 0 Å². The van der Waals surface area contributed by atoms with Gasteiger partial charge in [0.1, 0.15) is 0 Å². The number of nitrogens with zero attached hydrogens (tertiary/aromatic N) is 1. The van der Waals surface area contributed by atoms with Gasteiger partial charge in [-0.1, -0.05) is 0 Å². The molecule has 0 aromatic heterocycles. The lowest BCUT2D eigenvalue weighted by molar-refractivity contribution is -0.0758. The molecule has 0 aromatic rings. The molecular formula is C12H13NO2. The first-order valence-corrected chi connectivity index (χ1v) is 6.08. The quantitative estimate of drug-likeness (QED) is 0.596. The number of rotatable bonds is 1. The van der Waals surface area contributed by atoms with Crippen molar-refractivity contribution in [3.05, 3.63) is 0 Å². The molecule has 6 bridgehead atoms. The molecule has 15 heavy (non-hydrogen) atoms. The lowest BCUT2D eigenvalue weighted by Gasteiger charge is -2.38. The fourth-order valence-electron chi connectivity index (χ4n) is 5.37. The summed E-state index contributed by atoms with van der Waals surface area (Å²) in [6.45, 7) is 0. The Hall–Kier alpha value is -0.590. The molecule has 6 rings (SSSR count). The maximum Gasteiger partial charge on any atom is 0.0902 e. The van der Waals surface area contributed by atoms with Crippen LogP contribution < -0.4 is 0 Å². The van der Waals surface area contributed by atoms with Crippen molar-refractivity contribution in [3.63, 3.8) is 0 Å². The third-order valence-electron chi connectivity index (χ3n) is 5.65. The summed E-state index contributed by atoms with van der Waals surface area (Å²) in [6, 6.07) is 2.38. The lowest BCUT2D eigenvalue weighted by atomic mass is 9.69. The molecule has 3 saturated heterocycles. The summed E-state index contributed by atoms with van der Waals surface area (Å²) in [6.07, 6.45) is 3.97. The second-order valence-corrected chi connectivity index (χ2v) is 5.86. The number of hydrogen-bond donors (Lipinski definition) is 0. The summed E-state index contributed by atoms with van der Waals surface area (Å²) < 4.78 is 11.9. The summed E-state index contributed by atoms with van der Waals surface area (Å²) in [5.41, 5.74) is 0. The molecule has 9 atom stereocenters. The fourth-order valence-corrected chi connectivity index (χ4v) is 5.37. The van der Waals surface area contributed by atoms with Crippen molar-refractivity contribution in [1.29, 1.82) is 5.26 Å². The van der Waals surface area contributed by atoms with Crippen LogP contribution in [0.5, 0.6) is 0 Å². The SMILES string of the molecule is N#CC[C@@H]1[C@H]2C[C@H]3O[C@H]4[C@H]2[C@@H]2O[C@@H]2[C@H]4[C@@H]13. The molecule has 3 saturated carbocycles. The molecular weight excluding hydrogens is 190 g/mol. The maximum atomic E-state index is 8.93. The van der Waals surface area contributed by atoms with E-state index < -0.39 is 0 Å². The van der Waals surface area contributed by atoms with Crippen LogP contribution in [-0.4, -0.2) is 24.4 Å². The fraction of sp³-hybridized carbons (Fsp3) is 0.917. The molecule has 78 valence electrons. The Morgan fingerprint density at radius 2 is 1.93 bits per heavy atom. The normalized spacial score (nSPS) is 70.7. The third kappa shape index (κ3) is 0.636. The van der Waals surface area contributed by atoms with Crippen LogP contribution in [0, 0.1) is 40.9 Å². The minimum absolute atomic E-state index is 0.477. The van der Waals surface area contributed by atoms with Gasteiger partial charge in [0.15, 0.2) is 0 Å². The zero-order valence-electron chi connectivity index (χ0n) is 8.37. The first-order chi connectivity index (χ1) is 7.40. The van der Waals surface area contributed by atoms with Crippen LogP contribution in [0.15, 0.2) is 0 Å². The number of fused-ring (bicyclic) bond motifs is 1. The zero-order valence-corrected chi connectivity index (χ0v) is 8.37. The van der Waals surface area contributed by atoms with E-state index in [1.54, 1.807) is 0 Å². The number of nitriles is 1. The summed E-state index contributed by atoms with van der Waals surface area (Å²) >= 11 is 0. The standard InChI is InChI=1S/C12H13NO2/c13-2-1-4-5-3-6-7(4)9-10(14-6)8(5)11-12(9)15-11/h4-12H,1,3H2/t4-,5-,6-,7+,8+,9+,10+,11+,12-/m1/s1. The highest BCUT2D eigenvalue weighted by atomic mass is 16.6. The Bertz CT molecular complexity index is 380. The van der Waals surface area contributed by atoms with Crippen molar-refractivity contribution < 1.29 is 9.47 Å². The topological polar surface area (TPSA) is 45.5 Å². The highest BCUT2D eigenvalue weighted by molar-refractivity contribution is 5.25. The monoisotopic (exact) mass is 203 g/mol. The predicted molar refractivity (Wildman–Crippen MR) is 49.6 cm³/mol. The molecule has 3 heterocycles. The van der Waals surface area contributed by atoms with Crippen LogP contribution in [0.1, 0.15) is 12.8 Å². The molecule has 6 fully saturated rings. The smallest absolute Gasteiger partial charge is 0.0902 e. The minimum Gasteiger partial charge on any atom is -0.374 e. The van der Waals surface area contributed by atoms with E-state index in [2.05, 4.69) is 6.07 Å². The van der Waals surface area contributed by atoms with Gasteiger partial charge in [0, 0.05) is 18.3 Å². The van der Waals surface area contributed by atoms with Gasteiger partial charge >= 0.3 is 0 Å². The zero-order chi connectivity index (χ0) is 9.73. The van der Waals surface area contributed by atoms with Gasteiger partial charge in [-0.15, -0.1) is 0 Å². The van der Waals surface area contributed by atoms with E-state index >= 15 is 0 Å². The van der Waals surface area contributed by atoms with E-state index in [9.17, 15) is 0 Å². The number of hydrogen-bond acceptors (Lipinski definition) is 3. The van der Waals surface area contributed by atoms with Gasteiger partial charge in [0.2, 0.25) is 0 Å². The van der Waals surface area contributed by atoms with Crippen LogP contribution in [0.2, 0.25) is 0 Å². The van der Waals surface area contributed by atoms with E-state index in [0.29, 0.717) is 48.1 Å². The molecule has 0 aromatic carbocycles. The van der Waals surface area contributed by atoms with Crippen molar-refractivity contribution >= 4 is 0 Å². The van der Waals surface area contributed by atoms with Gasteiger partial charge in [-0.2, -0.15) is 5.26 Å². The predicted octanol–water partition coefficient (Wildman–Crippen LogP) is 0.947. The van der Waals surface area contributed by atoms with E-state index in [0.717, 1.165) is 12.3 Å². The van der Waals surface area contributed by atoms with Crippen molar-refractivity contribution in [1.82, 2.24) is 0 Å². The Morgan fingerprint density at radius 1 is 1.07 bits per heavy atom. The lowest BCUT2D eigenvalue weighted by Crippen LogP contribution is -2.41. The van der Waals surface area contributed by atoms with Crippen LogP contribution in [-0.2, 0) is 9.47 Å². The molecule has 0 amide bonds. The first-order valence-electron chi connectivity index (χ1n) is 6.08. The minimum atomic E-state index is 0.477. The van der Waals surface area contributed by atoms with E-state index in [1.165, 1.54) is 6.42 Å². The molecule has 3 aliphatic carbocycles. The van der Waals surface area contributed by atoms with Gasteiger partial charge in [0.05, 0.1) is 30.5 Å². The van der Waals surface area contributed by atoms with Gasteiger partial charge < -0.3 is 9.47 Å². The molecule has 3 nitrogen and oxygen atoms in total. The average molecular weight is 203 g/mol. The number of epoxide rings is 1. The Kier molecular flexibility index (Phi) is 1.07. The van der Waals surface area contributed by atoms with E-state index in [4.69, 9.17) is 14.7 Å². The van der Waals surface area contributed by atoms with Gasteiger partial charge in [-0.3, -0.25) is 0 Å². The van der Waals surface area contributed by atoms with Crippen molar-refractivity contribution in [2.45, 2.75) is 37.3 Å². The highest BCUT2D eigenvalue weighted by Crippen LogP contribution is 2.71. The van der Waals surface area contributed by atoms with E-state index in [-0.39, 0.29) is 0 Å². The molecule has 3 heteroatoms. The third-order valence-corrected chi connectivity index (χ3v) is 5.65. The average Bonchev–Trinajstić information content (AvgIpc) is 2.77. The second-order valence-electron chi connectivity index (χ2n) is 5.86. The molecule has 0 N–H and O–H groups in total. The van der Waals surface area contributed by atoms with Crippen LogP contribution in [0.4, 0.5) is 0 Å². The van der Waals surface area contributed by atoms with Gasteiger partial charge in [-0.05, 0) is 24.2 Å². The summed E-state index contributed by atoms with van der Waals surface area (Å²) in [5.74, 6) is 3.33. The molecule has 6 aliphatic rings. The number of ether oxygens (including phenoxy) is 2. The van der Waals surface area contributed by atoms with Crippen LogP contribution in [0.3, 0.4) is 0 Å². The van der Waals surface area contributed by atoms with E-state index in [1.807, 2.05) is 0 Å². The van der Waals surface area contributed by atoms with Crippen molar-refractivity contribution in [3.8, 4) is 6.07 Å². The first kappa shape index (κ1) is 7.65. The second kappa shape index (κ2) is 2.09. The Balaban J connectivity index is 1.65. The Morgan fingerprint density at radius 3 is 2.80 bits per heavy atom. The van der Waals surface area contributed by atoms with Gasteiger partial charge in [-0.25, -0.2) is 0 Å². The summed E-state index contributed by atoms with van der Waals surface area (Å²) in [4.78, 5) is 0. The molecule has 3 aliphatic heterocycles. The molecule has 0 spiro atoms.